The molecule has 1 amide bonds. The summed E-state index contributed by atoms with van der Waals surface area (Å²) in [5.41, 5.74) is 10.7. The van der Waals surface area contributed by atoms with E-state index in [4.69, 9.17) is 5.73 Å². The number of nitrogens with zero attached hydrogens (tertiary/aromatic N) is 4. The van der Waals surface area contributed by atoms with Crippen molar-refractivity contribution in [2.24, 2.45) is 11.8 Å². The van der Waals surface area contributed by atoms with Gasteiger partial charge in [0.05, 0.1) is 22.6 Å². The van der Waals surface area contributed by atoms with E-state index in [0.29, 0.717) is 33.9 Å². The predicted molar refractivity (Wildman–Crippen MR) is 127 cm³/mol. The number of nitrogens with one attached hydrogen (secondary N) is 1. The highest BCUT2D eigenvalue weighted by atomic mass is 32.1. The lowest BCUT2D eigenvalue weighted by atomic mass is 9.97. The molecular formula is C24H26N6OS. The summed E-state index contributed by atoms with van der Waals surface area (Å²) >= 11 is 1.26. The summed E-state index contributed by atoms with van der Waals surface area (Å²) in [6.45, 7) is 4.43. The second kappa shape index (κ2) is 8.40. The number of aromatic nitrogens is 2. The summed E-state index contributed by atoms with van der Waals surface area (Å²) in [7, 11) is 0. The van der Waals surface area contributed by atoms with Crippen molar-refractivity contribution >= 4 is 39.0 Å². The zero-order valence-corrected chi connectivity index (χ0v) is 18.9. The van der Waals surface area contributed by atoms with Crippen molar-refractivity contribution in [3.8, 4) is 6.07 Å². The highest BCUT2D eigenvalue weighted by Gasteiger charge is 2.33. The smallest absolute Gasteiger partial charge is 0.263 e. The Labute approximate surface area is 191 Å². The number of rotatable bonds is 5. The van der Waals surface area contributed by atoms with Crippen LogP contribution < -0.4 is 16.0 Å². The van der Waals surface area contributed by atoms with Crippen LogP contribution >= 0.6 is 11.3 Å². The second-order valence-corrected chi connectivity index (χ2v) is 9.93. The zero-order valence-electron chi connectivity index (χ0n) is 18.1. The first-order valence-corrected chi connectivity index (χ1v) is 11.9. The number of nitrogens with two attached hydrogens (primary N) is 1. The number of thiophene rings is 1. The molecule has 7 nitrogen and oxygen atoms in total. The van der Waals surface area contributed by atoms with E-state index in [2.05, 4.69) is 38.4 Å². The molecular weight excluding hydrogens is 420 g/mol. The molecule has 2 fully saturated rings. The molecule has 32 heavy (non-hydrogen) atoms. The molecule has 164 valence electrons. The number of amides is 1. The van der Waals surface area contributed by atoms with E-state index in [1.807, 2.05) is 13.0 Å². The Bertz CT molecular complexity index is 1220. The Morgan fingerprint density at radius 1 is 1.34 bits per heavy atom. The summed E-state index contributed by atoms with van der Waals surface area (Å²) in [6.07, 6.45) is 6.27. The van der Waals surface area contributed by atoms with Gasteiger partial charge in [-0.15, -0.1) is 11.3 Å². The summed E-state index contributed by atoms with van der Waals surface area (Å²) < 4.78 is 0. The Balaban J connectivity index is 1.24. The molecule has 3 N–H and O–H groups in total. The van der Waals surface area contributed by atoms with Crippen LogP contribution in [0.2, 0.25) is 0 Å². The van der Waals surface area contributed by atoms with Gasteiger partial charge in [0, 0.05) is 25.8 Å². The first kappa shape index (κ1) is 20.7. The van der Waals surface area contributed by atoms with Gasteiger partial charge in [-0.3, -0.25) is 4.79 Å². The van der Waals surface area contributed by atoms with E-state index in [9.17, 15) is 10.1 Å². The van der Waals surface area contributed by atoms with Gasteiger partial charge < -0.3 is 16.0 Å². The van der Waals surface area contributed by atoms with E-state index in [0.717, 1.165) is 47.4 Å². The van der Waals surface area contributed by atoms with Crippen LogP contribution in [-0.2, 0) is 6.42 Å². The van der Waals surface area contributed by atoms with E-state index in [1.54, 1.807) is 6.20 Å². The van der Waals surface area contributed by atoms with Crippen molar-refractivity contribution in [2.45, 2.75) is 32.6 Å². The highest BCUT2D eigenvalue weighted by molar-refractivity contribution is 7.21. The lowest BCUT2D eigenvalue weighted by Gasteiger charge is -2.34. The van der Waals surface area contributed by atoms with Crippen LogP contribution in [0.1, 0.15) is 45.8 Å². The minimum atomic E-state index is -0.217. The number of nitrogen functional groups attached to an aromatic ring is 1. The summed E-state index contributed by atoms with van der Waals surface area (Å²) in [6, 6.07) is 8.48. The van der Waals surface area contributed by atoms with Gasteiger partial charge in [-0.2, -0.15) is 5.26 Å². The minimum Gasteiger partial charge on any atom is -0.396 e. The Morgan fingerprint density at radius 3 is 2.88 bits per heavy atom. The van der Waals surface area contributed by atoms with Crippen LogP contribution in [0.4, 0.5) is 11.4 Å². The third kappa shape index (κ3) is 3.89. The maximum atomic E-state index is 12.7. The van der Waals surface area contributed by atoms with Crippen LogP contribution in [0.3, 0.4) is 0 Å². The molecule has 2 bridgehead atoms. The van der Waals surface area contributed by atoms with Crippen molar-refractivity contribution in [1.29, 1.82) is 5.26 Å². The highest BCUT2D eigenvalue weighted by Crippen LogP contribution is 2.39. The van der Waals surface area contributed by atoms with Crippen molar-refractivity contribution < 1.29 is 4.79 Å². The molecule has 5 rings (SSSR count). The molecule has 3 aromatic rings. The molecule has 1 saturated carbocycles. The first-order valence-electron chi connectivity index (χ1n) is 11.1. The van der Waals surface area contributed by atoms with Crippen LogP contribution in [0, 0.1) is 30.1 Å². The van der Waals surface area contributed by atoms with Gasteiger partial charge in [-0.1, -0.05) is 6.07 Å². The summed E-state index contributed by atoms with van der Waals surface area (Å²) in [4.78, 5) is 24.9. The number of hydrogen-bond donors (Lipinski definition) is 2. The predicted octanol–water partition coefficient (Wildman–Crippen LogP) is 3.66. The van der Waals surface area contributed by atoms with Crippen LogP contribution in [-0.4, -0.2) is 35.5 Å². The lowest BCUT2D eigenvalue weighted by Crippen LogP contribution is -2.36. The van der Waals surface area contributed by atoms with Gasteiger partial charge in [0.15, 0.2) is 0 Å². The average Bonchev–Trinajstić information content (AvgIpc) is 3.31. The molecule has 2 unspecified atom stereocenters. The van der Waals surface area contributed by atoms with Gasteiger partial charge in [0.25, 0.3) is 5.91 Å². The molecule has 1 aliphatic carbocycles. The van der Waals surface area contributed by atoms with Gasteiger partial charge in [-0.05, 0) is 62.1 Å². The number of carbonyl (C=O) groups is 1. The Hall–Kier alpha value is -3.18. The van der Waals surface area contributed by atoms with Crippen molar-refractivity contribution in [2.75, 3.05) is 30.3 Å². The zero-order chi connectivity index (χ0) is 22.2. The standard InChI is InChI=1S/C24H26N6OS/c1-14-11-28-21-20(26)22(32-24(21)29-14)23(31)27-7-6-15-4-5-19(18(9-15)10-25)30-12-16-2-3-17(8-16)13-30/h4-5,9,11,16-17H,2-3,6-8,12-13,26H2,1H3,(H,27,31). The van der Waals surface area contributed by atoms with Crippen LogP contribution in [0.15, 0.2) is 24.4 Å². The van der Waals surface area contributed by atoms with Crippen molar-refractivity contribution in [3.05, 3.63) is 46.1 Å². The maximum Gasteiger partial charge on any atom is 0.263 e. The molecule has 3 heterocycles. The molecule has 8 heteroatoms. The van der Waals surface area contributed by atoms with E-state index in [-0.39, 0.29) is 5.91 Å². The number of benzene rings is 1. The quantitative estimate of drug-likeness (QED) is 0.619. The number of carbonyl (C=O) groups excluding carboxylic acids is 1. The largest absolute Gasteiger partial charge is 0.396 e. The van der Waals surface area contributed by atoms with Crippen molar-refractivity contribution in [3.63, 3.8) is 0 Å². The fraction of sp³-hybridized carbons (Fsp3) is 0.417. The second-order valence-electron chi connectivity index (χ2n) is 8.93. The van der Waals surface area contributed by atoms with Gasteiger partial charge in [0.1, 0.15) is 21.3 Å². The van der Waals surface area contributed by atoms with Crippen molar-refractivity contribution in [1.82, 2.24) is 15.3 Å². The molecule has 1 aliphatic heterocycles. The molecule has 0 radical (unpaired) electrons. The third-order valence-electron chi connectivity index (χ3n) is 6.59. The number of nitriles is 1. The number of hydrogen-bond acceptors (Lipinski definition) is 7. The first-order chi connectivity index (χ1) is 15.5. The molecule has 2 atom stereocenters. The van der Waals surface area contributed by atoms with Gasteiger partial charge in [-0.25, -0.2) is 9.97 Å². The summed E-state index contributed by atoms with van der Waals surface area (Å²) in [5.74, 6) is 1.32. The molecule has 1 saturated heterocycles. The molecule has 2 aromatic heterocycles. The number of anilines is 2. The molecule has 1 aromatic carbocycles. The molecule has 2 aliphatic rings. The number of piperidine rings is 1. The van der Waals surface area contributed by atoms with E-state index in [1.165, 1.54) is 30.6 Å². The topological polar surface area (TPSA) is 108 Å². The Kier molecular flexibility index (Phi) is 5.43. The van der Waals surface area contributed by atoms with Gasteiger partial charge >= 0.3 is 0 Å². The fourth-order valence-electron chi connectivity index (χ4n) is 5.05. The number of fused-ring (bicyclic) bond motifs is 3. The average molecular weight is 447 g/mol. The van der Waals surface area contributed by atoms with E-state index >= 15 is 0 Å². The lowest BCUT2D eigenvalue weighted by molar-refractivity contribution is 0.0959. The fourth-order valence-corrected chi connectivity index (χ4v) is 6.06. The van der Waals surface area contributed by atoms with Gasteiger partial charge in [0.2, 0.25) is 0 Å². The Morgan fingerprint density at radius 2 is 2.12 bits per heavy atom. The SMILES string of the molecule is Cc1cnc2c(N)c(C(=O)NCCc3ccc(N4CC5CCC(C5)C4)c(C#N)c3)sc2n1. The maximum absolute atomic E-state index is 12.7. The normalized spacial score (nSPS) is 19.8. The summed E-state index contributed by atoms with van der Waals surface area (Å²) in [5, 5.41) is 12.7. The molecule has 0 spiro atoms. The van der Waals surface area contributed by atoms with Crippen LogP contribution in [0.5, 0.6) is 0 Å². The van der Waals surface area contributed by atoms with E-state index < -0.39 is 0 Å². The minimum absolute atomic E-state index is 0.217. The third-order valence-corrected chi connectivity index (χ3v) is 7.68. The number of aryl methyl sites for hydroxylation is 1. The monoisotopic (exact) mass is 446 g/mol. The van der Waals surface area contributed by atoms with Crippen LogP contribution in [0.25, 0.3) is 10.3 Å².